The molecule has 0 aliphatic heterocycles. The van der Waals surface area contributed by atoms with Gasteiger partial charge in [-0.15, -0.1) is 0 Å². The third-order valence-electron chi connectivity index (χ3n) is 1.86. The van der Waals surface area contributed by atoms with E-state index in [9.17, 15) is 0 Å². The molecule has 0 saturated carbocycles. The van der Waals surface area contributed by atoms with Crippen LogP contribution in [0.2, 0.25) is 5.02 Å². The van der Waals surface area contributed by atoms with Crippen LogP contribution in [0.1, 0.15) is 0 Å². The van der Waals surface area contributed by atoms with Crippen LogP contribution in [0.25, 0.3) is 0 Å². The molecule has 4 nitrogen and oxygen atoms in total. The Balaban J connectivity index is 2.24. The summed E-state index contributed by atoms with van der Waals surface area (Å²) in [4.78, 5) is 0. The molecule has 0 amide bonds. The van der Waals surface area contributed by atoms with E-state index < -0.39 is 0 Å². The summed E-state index contributed by atoms with van der Waals surface area (Å²) in [5.41, 5.74) is 6.18. The Labute approximate surface area is 92.2 Å². The molecule has 0 bridgehead atoms. The molecule has 78 valence electrons. The highest BCUT2D eigenvalue weighted by Crippen LogP contribution is 2.30. The maximum absolute atomic E-state index is 5.95. The van der Waals surface area contributed by atoms with Crippen molar-refractivity contribution in [3.05, 3.63) is 35.6 Å². The summed E-state index contributed by atoms with van der Waals surface area (Å²) in [7, 11) is 1.82. The monoisotopic (exact) mass is 223 g/mol. The third kappa shape index (κ3) is 2.22. The molecule has 0 saturated heterocycles. The number of ether oxygens (including phenoxy) is 1. The van der Waals surface area contributed by atoms with Crippen molar-refractivity contribution in [2.24, 2.45) is 7.05 Å². The van der Waals surface area contributed by atoms with Crippen molar-refractivity contribution in [3.63, 3.8) is 0 Å². The first-order valence-electron chi connectivity index (χ1n) is 4.36. The van der Waals surface area contributed by atoms with Crippen molar-refractivity contribution >= 4 is 17.3 Å². The fraction of sp³-hybridized carbons (Fsp3) is 0.100. The first-order valence-corrected chi connectivity index (χ1v) is 4.74. The molecule has 2 N–H and O–H groups in total. The number of nitrogen functional groups attached to an aromatic ring is 1. The van der Waals surface area contributed by atoms with Crippen LogP contribution < -0.4 is 10.5 Å². The predicted molar refractivity (Wildman–Crippen MR) is 59.1 cm³/mol. The van der Waals surface area contributed by atoms with E-state index in [0.29, 0.717) is 22.2 Å². The zero-order valence-electron chi connectivity index (χ0n) is 8.14. The van der Waals surface area contributed by atoms with E-state index in [4.69, 9.17) is 22.1 Å². The Bertz CT molecular complexity index is 481. The van der Waals surface area contributed by atoms with E-state index in [-0.39, 0.29) is 0 Å². The van der Waals surface area contributed by atoms with Crippen LogP contribution in [0.5, 0.6) is 11.5 Å². The largest absolute Gasteiger partial charge is 0.452 e. The number of anilines is 1. The first-order chi connectivity index (χ1) is 7.15. The van der Waals surface area contributed by atoms with Gasteiger partial charge in [0.15, 0.2) is 5.75 Å². The molecule has 1 aromatic carbocycles. The molecule has 0 aliphatic rings. The minimum atomic E-state index is 0.485. The molecule has 15 heavy (non-hydrogen) atoms. The standard InChI is InChI=1S/C10H10ClN3O/c1-14-6-8(5-13-14)15-10-3-2-7(12)4-9(10)11/h2-6H,12H2,1H3. The molecular weight excluding hydrogens is 214 g/mol. The number of benzene rings is 1. The zero-order chi connectivity index (χ0) is 10.8. The lowest BCUT2D eigenvalue weighted by atomic mass is 10.3. The van der Waals surface area contributed by atoms with Crippen LogP contribution in [-0.2, 0) is 7.05 Å². The van der Waals surface area contributed by atoms with Gasteiger partial charge in [-0.3, -0.25) is 4.68 Å². The van der Waals surface area contributed by atoms with Crippen molar-refractivity contribution < 1.29 is 4.74 Å². The lowest BCUT2D eigenvalue weighted by molar-refractivity contribution is 0.482. The minimum absolute atomic E-state index is 0.485. The quantitative estimate of drug-likeness (QED) is 0.796. The van der Waals surface area contributed by atoms with Crippen LogP contribution in [0.3, 0.4) is 0 Å². The molecule has 0 unspecified atom stereocenters. The van der Waals surface area contributed by atoms with Crippen LogP contribution in [-0.4, -0.2) is 9.78 Å². The third-order valence-corrected chi connectivity index (χ3v) is 2.16. The number of nitrogens with two attached hydrogens (primary N) is 1. The second kappa shape index (κ2) is 3.82. The Kier molecular flexibility index (Phi) is 2.51. The summed E-state index contributed by atoms with van der Waals surface area (Å²) in [5, 5.41) is 4.47. The van der Waals surface area contributed by atoms with Gasteiger partial charge in [0.1, 0.15) is 5.75 Å². The van der Waals surface area contributed by atoms with Gasteiger partial charge < -0.3 is 10.5 Å². The Morgan fingerprint density at radius 1 is 1.47 bits per heavy atom. The molecule has 0 fully saturated rings. The Morgan fingerprint density at radius 2 is 2.27 bits per heavy atom. The van der Waals surface area contributed by atoms with Gasteiger partial charge in [0.25, 0.3) is 0 Å². The second-order valence-corrected chi connectivity index (χ2v) is 3.55. The fourth-order valence-corrected chi connectivity index (χ4v) is 1.41. The van der Waals surface area contributed by atoms with E-state index in [1.165, 1.54) is 0 Å². The van der Waals surface area contributed by atoms with E-state index in [2.05, 4.69) is 5.10 Å². The average Bonchev–Trinajstić information content (AvgIpc) is 2.56. The van der Waals surface area contributed by atoms with Crippen molar-refractivity contribution in [2.45, 2.75) is 0 Å². The van der Waals surface area contributed by atoms with E-state index >= 15 is 0 Å². The normalized spacial score (nSPS) is 10.3. The second-order valence-electron chi connectivity index (χ2n) is 3.14. The number of hydrogen-bond acceptors (Lipinski definition) is 3. The van der Waals surface area contributed by atoms with E-state index in [1.54, 1.807) is 35.3 Å². The number of halogens is 1. The first kappa shape index (κ1) is 9.86. The molecule has 2 aromatic rings. The van der Waals surface area contributed by atoms with Gasteiger partial charge in [-0.25, -0.2) is 0 Å². The Morgan fingerprint density at radius 3 is 2.87 bits per heavy atom. The van der Waals surface area contributed by atoms with Crippen LogP contribution in [0.4, 0.5) is 5.69 Å². The molecule has 2 rings (SSSR count). The number of aryl methyl sites for hydroxylation is 1. The summed E-state index contributed by atoms with van der Waals surface area (Å²) >= 11 is 5.95. The lowest BCUT2D eigenvalue weighted by Crippen LogP contribution is -1.88. The summed E-state index contributed by atoms with van der Waals surface area (Å²) in [6.45, 7) is 0. The molecule has 0 atom stereocenters. The van der Waals surface area contributed by atoms with Gasteiger partial charge in [0, 0.05) is 12.7 Å². The number of aromatic nitrogens is 2. The lowest BCUT2D eigenvalue weighted by Gasteiger charge is -2.05. The van der Waals surface area contributed by atoms with Crippen LogP contribution in [0, 0.1) is 0 Å². The molecule has 0 spiro atoms. The average molecular weight is 224 g/mol. The van der Waals surface area contributed by atoms with Crippen molar-refractivity contribution in [1.29, 1.82) is 0 Å². The highest BCUT2D eigenvalue weighted by atomic mass is 35.5. The zero-order valence-corrected chi connectivity index (χ0v) is 8.90. The van der Waals surface area contributed by atoms with Gasteiger partial charge in [-0.2, -0.15) is 5.10 Å². The highest BCUT2D eigenvalue weighted by Gasteiger charge is 2.04. The summed E-state index contributed by atoms with van der Waals surface area (Å²) in [5.74, 6) is 1.21. The van der Waals surface area contributed by atoms with Gasteiger partial charge >= 0.3 is 0 Å². The number of rotatable bonds is 2. The van der Waals surface area contributed by atoms with E-state index in [0.717, 1.165) is 0 Å². The van der Waals surface area contributed by atoms with Gasteiger partial charge in [-0.1, -0.05) is 11.6 Å². The highest BCUT2D eigenvalue weighted by molar-refractivity contribution is 6.32. The number of nitrogens with zero attached hydrogens (tertiary/aromatic N) is 2. The smallest absolute Gasteiger partial charge is 0.165 e. The summed E-state index contributed by atoms with van der Waals surface area (Å²) < 4.78 is 7.17. The maximum Gasteiger partial charge on any atom is 0.165 e. The molecular formula is C10H10ClN3O. The maximum atomic E-state index is 5.95. The van der Waals surface area contributed by atoms with Gasteiger partial charge in [0.05, 0.1) is 17.4 Å². The van der Waals surface area contributed by atoms with Gasteiger partial charge in [-0.05, 0) is 18.2 Å². The topological polar surface area (TPSA) is 53.1 Å². The number of hydrogen-bond donors (Lipinski definition) is 1. The van der Waals surface area contributed by atoms with E-state index in [1.807, 2.05) is 7.05 Å². The van der Waals surface area contributed by atoms with Crippen molar-refractivity contribution in [3.8, 4) is 11.5 Å². The SMILES string of the molecule is Cn1cc(Oc2ccc(N)cc2Cl)cn1. The van der Waals surface area contributed by atoms with Crippen molar-refractivity contribution in [2.75, 3.05) is 5.73 Å². The van der Waals surface area contributed by atoms with Crippen LogP contribution in [0.15, 0.2) is 30.6 Å². The summed E-state index contributed by atoms with van der Waals surface area (Å²) in [6, 6.07) is 5.11. The molecule has 0 aliphatic carbocycles. The Hall–Kier alpha value is -1.68. The molecule has 1 heterocycles. The molecule has 0 radical (unpaired) electrons. The molecule has 5 heteroatoms. The predicted octanol–water partition coefficient (Wildman–Crippen LogP) is 2.45. The minimum Gasteiger partial charge on any atom is -0.452 e. The summed E-state index contributed by atoms with van der Waals surface area (Å²) in [6.07, 6.45) is 3.37. The van der Waals surface area contributed by atoms with Crippen LogP contribution >= 0.6 is 11.6 Å². The fourth-order valence-electron chi connectivity index (χ4n) is 1.18. The van der Waals surface area contributed by atoms with Crippen molar-refractivity contribution in [1.82, 2.24) is 9.78 Å². The molecule has 1 aromatic heterocycles. The van der Waals surface area contributed by atoms with Gasteiger partial charge in [0.2, 0.25) is 0 Å².